The molecule has 5 nitrogen and oxygen atoms in total. The fourth-order valence-electron chi connectivity index (χ4n) is 4.31. The van der Waals surface area contributed by atoms with Crippen molar-refractivity contribution in [2.75, 3.05) is 18.4 Å². The Morgan fingerprint density at radius 3 is 2.17 bits per heavy atom. The van der Waals surface area contributed by atoms with Crippen molar-refractivity contribution in [1.82, 2.24) is 4.31 Å². The number of para-hydroxylation sites is 1. The van der Waals surface area contributed by atoms with Crippen molar-refractivity contribution in [3.8, 4) is 0 Å². The van der Waals surface area contributed by atoms with Gasteiger partial charge in [0.05, 0.1) is 10.8 Å². The lowest BCUT2D eigenvalue weighted by atomic mass is 9.98. The van der Waals surface area contributed by atoms with E-state index in [-0.39, 0.29) is 18.4 Å². The van der Waals surface area contributed by atoms with Crippen LogP contribution in [0.1, 0.15) is 40.7 Å². The summed E-state index contributed by atoms with van der Waals surface area (Å²) < 4.78 is 28.2. The number of nitrogens with one attached hydrogen (secondary N) is 1. The number of hydrogen-bond donors (Lipinski definition) is 1. The summed E-state index contributed by atoms with van der Waals surface area (Å²) >= 11 is 0. The van der Waals surface area contributed by atoms with Gasteiger partial charge < -0.3 is 5.32 Å². The average molecular weight is 415 g/mol. The lowest BCUT2D eigenvalue weighted by Gasteiger charge is -2.32. The number of anilines is 1. The second kappa shape index (κ2) is 8.28. The summed E-state index contributed by atoms with van der Waals surface area (Å²) in [6.07, 6.45) is 1.36. The fourth-order valence-corrected chi connectivity index (χ4v) is 6.25. The van der Waals surface area contributed by atoms with Gasteiger partial charge in [0.2, 0.25) is 15.9 Å². The molecule has 0 saturated carbocycles. The summed E-state index contributed by atoms with van der Waals surface area (Å²) in [5.74, 6) is -0.469. The van der Waals surface area contributed by atoms with Crippen LogP contribution in [0.25, 0.3) is 0 Å². The molecule has 1 fully saturated rings. The van der Waals surface area contributed by atoms with Crippen LogP contribution >= 0.6 is 0 Å². The zero-order valence-corrected chi connectivity index (χ0v) is 18.7. The number of amides is 1. The van der Waals surface area contributed by atoms with Crippen LogP contribution in [0.5, 0.6) is 0 Å². The van der Waals surface area contributed by atoms with E-state index in [1.807, 2.05) is 65.0 Å². The Morgan fingerprint density at radius 2 is 1.59 bits per heavy atom. The van der Waals surface area contributed by atoms with Gasteiger partial charge in [-0.3, -0.25) is 4.79 Å². The second-order valence-electron chi connectivity index (χ2n) is 8.19. The lowest BCUT2D eigenvalue weighted by Crippen LogP contribution is -2.44. The number of carbonyl (C=O) groups excluding carboxylic acids is 1. The molecule has 6 heteroatoms. The monoisotopic (exact) mass is 414 g/mol. The molecule has 3 rings (SSSR count). The maximum atomic E-state index is 13.4. The van der Waals surface area contributed by atoms with Gasteiger partial charge in [-0.05, 0) is 69.7 Å². The third kappa shape index (κ3) is 4.38. The zero-order valence-electron chi connectivity index (χ0n) is 17.9. The molecule has 1 aliphatic heterocycles. The van der Waals surface area contributed by atoms with Crippen LogP contribution in [0.15, 0.2) is 35.2 Å². The number of piperidine rings is 1. The molecule has 0 unspecified atom stereocenters. The van der Waals surface area contributed by atoms with E-state index in [9.17, 15) is 13.2 Å². The van der Waals surface area contributed by atoms with Crippen molar-refractivity contribution in [2.45, 2.75) is 52.4 Å². The van der Waals surface area contributed by atoms with E-state index in [0.29, 0.717) is 24.3 Å². The topological polar surface area (TPSA) is 66.5 Å². The molecule has 0 radical (unpaired) electrons. The molecule has 1 saturated heterocycles. The van der Waals surface area contributed by atoms with Crippen LogP contribution in [-0.4, -0.2) is 31.7 Å². The van der Waals surface area contributed by atoms with E-state index >= 15 is 0 Å². The largest absolute Gasteiger partial charge is 0.325 e. The third-order valence-corrected chi connectivity index (χ3v) is 7.86. The molecule has 0 aromatic heterocycles. The molecule has 1 aliphatic rings. The molecule has 1 amide bonds. The van der Waals surface area contributed by atoms with Crippen molar-refractivity contribution < 1.29 is 13.2 Å². The Bertz CT molecular complexity index is 1000. The van der Waals surface area contributed by atoms with E-state index in [0.717, 1.165) is 33.5 Å². The summed E-state index contributed by atoms with van der Waals surface area (Å²) in [5.41, 5.74) is 5.38. The van der Waals surface area contributed by atoms with E-state index in [1.54, 1.807) is 0 Å². The molecule has 1 heterocycles. The van der Waals surface area contributed by atoms with Gasteiger partial charge >= 0.3 is 0 Å². The van der Waals surface area contributed by atoms with Gasteiger partial charge in [-0.15, -0.1) is 0 Å². The predicted molar refractivity (Wildman–Crippen MR) is 117 cm³/mol. The minimum absolute atomic E-state index is 0.111. The zero-order chi connectivity index (χ0) is 21.3. The molecular formula is C23H30N2O3S. The summed E-state index contributed by atoms with van der Waals surface area (Å²) in [5, 5.41) is 3.03. The molecule has 156 valence electrons. The van der Waals surface area contributed by atoms with Crippen LogP contribution < -0.4 is 5.32 Å². The number of benzene rings is 2. The SMILES string of the molecule is Cc1cc(C)c(S(=O)(=O)N2CCC[C@H](C(=O)Nc3c(C)cccc3C)C2)c(C)c1. The first-order chi connectivity index (χ1) is 13.6. The lowest BCUT2D eigenvalue weighted by molar-refractivity contribution is -0.120. The highest BCUT2D eigenvalue weighted by Crippen LogP contribution is 2.30. The summed E-state index contributed by atoms with van der Waals surface area (Å²) in [6.45, 7) is 10.2. The van der Waals surface area contributed by atoms with Crippen LogP contribution in [0, 0.1) is 40.5 Å². The van der Waals surface area contributed by atoms with Crippen molar-refractivity contribution in [2.24, 2.45) is 5.92 Å². The van der Waals surface area contributed by atoms with Crippen LogP contribution in [0.4, 0.5) is 5.69 Å². The minimum atomic E-state index is -3.64. The molecule has 2 aromatic rings. The first-order valence-electron chi connectivity index (χ1n) is 10.1. The van der Waals surface area contributed by atoms with Gasteiger partial charge in [0.25, 0.3) is 0 Å². The van der Waals surface area contributed by atoms with Crippen molar-refractivity contribution in [3.05, 3.63) is 58.1 Å². The highest BCUT2D eigenvalue weighted by molar-refractivity contribution is 7.89. The number of rotatable bonds is 4. The standard InChI is InChI=1S/C23H30N2O3S/c1-15-12-18(4)22(19(5)13-15)29(27,28)25-11-7-10-20(14-25)23(26)24-21-16(2)8-6-9-17(21)3/h6,8-9,12-13,20H,7,10-11,14H2,1-5H3,(H,24,26)/t20-/m0/s1. The van der Waals surface area contributed by atoms with Crippen molar-refractivity contribution in [1.29, 1.82) is 0 Å². The number of sulfonamides is 1. The minimum Gasteiger partial charge on any atom is -0.325 e. The van der Waals surface area contributed by atoms with Crippen LogP contribution in [-0.2, 0) is 14.8 Å². The number of carbonyl (C=O) groups is 1. The fraction of sp³-hybridized carbons (Fsp3) is 0.435. The van der Waals surface area contributed by atoms with Gasteiger partial charge in [-0.2, -0.15) is 4.31 Å². The molecule has 29 heavy (non-hydrogen) atoms. The highest BCUT2D eigenvalue weighted by atomic mass is 32.2. The molecule has 0 spiro atoms. The Kier molecular flexibility index (Phi) is 6.15. The van der Waals surface area contributed by atoms with Crippen molar-refractivity contribution >= 4 is 21.6 Å². The quantitative estimate of drug-likeness (QED) is 0.812. The molecular weight excluding hydrogens is 384 g/mol. The van der Waals surface area contributed by atoms with Gasteiger partial charge in [0.1, 0.15) is 0 Å². The smallest absolute Gasteiger partial charge is 0.243 e. The van der Waals surface area contributed by atoms with Crippen molar-refractivity contribution in [3.63, 3.8) is 0 Å². The predicted octanol–water partition coefficient (Wildman–Crippen LogP) is 4.27. The Balaban J connectivity index is 1.83. The first-order valence-corrected chi connectivity index (χ1v) is 11.5. The average Bonchev–Trinajstić information content (AvgIpc) is 2.63. The Morgan fingerprint density at radius 1 is 1.00 bits per heavy atom. The Labute approximate surface area is 174 Å². The molecule has 0 aliphatic carbocycles. The van der Waals surface area contributed by atoms with E-state index < -0.39 is 10.0 Å². The maximum Gasteiger partial charge on any atom is 0.243 e. The van der Waals surface area contributed by atoms with Gasteiger partial charge in [-0.25, -0.2) is 8.42 Å². The maximum absolute atomic E-state index is 13.4. The van der Waals surface area contributed by atoms with Crippen LogP contribution in [0.2, 0.25) is 0 Å². The third-order valence-electron chi connectivity index (χ3n) is 5.69. The summed E-state index contributed by atoms with van der Waals surface area (Å²) in [7, 11) is -3.64. The van der Waals surface area contributed by atoms with Gasteiger partial charge in [0, 0.05) is 18.8 Å². The van der Waals surface area contributed by atoms with Gasteiger partial charge in [0.15, 0.2) is 0 Å². The first kappa shape index (κ1) is 21.5. The molecule has 1 N–H and O–H groups in total. The summed E-state index contributed by atoms with van der Waals surface area (Å²) in [6, 6.07) is 9.68. The number of hydrogen-bond acceptors (Lipinski definition) is 3. The van der Waals surface area contributed by atoms with Gasteiger partial charge in [-0.1, -0.05) is 35.9 Å². The van der Waals surface area contributed by atoms with E-state index in [2.05, 4.69) is 5.32 Å². The number of aryl methyl sites for hydroxylation is 5. The number of nitrogens with zero attached hydrogens (tertiary/aromatic N) is 1. The molecule has 1 atom stereocenters. The normalized spacial score (nSPS) is 17.9. The molecule has 2 aromatic carbocycles. The summed E-state index contributed by atoms with van der Waals surface area (Å²) in [4.78, 5) is 13.3. The highest BCUT2D eigenvalue weighted by Gasteiger charge is 2.35. The van der Waals surface area contributed by atoms with E-state index in [1.165, 1.54) is 4.31 Å². The van der Waals surface area contributed by atoms with Crippen LogP contribution in [0.3, 0.4) is 0 Å². The second-order valence-corrected chi connectivity index (χ2v) is 10.1. The Hall–Kier alpha value is -2.18. The molecule has 0 bridgehead atoms. The van der Waals surface area contributed by atoms with E-state index in [4.69, 9.17) is 0 Å².